The number of nitrogens with one attached hydrogen (secondary N) is 1. The van der Waals surface area contributed by atoms with E-state index in [0.29, 0.717) is 37.3 Å². The van der Waals surface area contributed by atoms with Crippen molar-refractivity contribution in [1.29, 1.82) is 0 Å². The highest BCUT2D eigenvalue weighted by molar-refractivity contribution is 5.85. The van der Waals surface area contributed by atoms with Crippen molar-refractivity contribution >= 4 is 12.4 Å². The molecule has 1 aromatic carbocycles. The van der Waals surface area contributed by atoms with Crippen molar-refractivity contribution in [2.45, 2.75) is 25.6 Å². The Morgan fingerprint density at radius 3 is 2.43 bits per heavy atom. The molecule has 0 radical (unpaired) electrons. The van der Waals surface area contributed by atoms with E-state index in [4.69, 9.17) is 0 Å². The van der Waals surface area contributed by atoms with Crippen molar-refractivity contribution in [1.82, 2.24) is 10.2 Å². The average molecular weight is 325 g/mol. The Labute approximate surface area is 128 Å². The quantitative estimate of drug-likeness (QED) is 0.897. The van der Waals surface area contributed by atoms with E-state index >= 15 is 0 Å². The second-order valence-corrected chi connectivity index (χ2v) is 5.17. The Hall–Kier alpha value is -0.980. The number of aryl methyl sites for hydroxylation is 1. The number of nitrogens with zero attached hydrogens (tertiary/aromatic N) is 1. The van der Waals surface area contributed by atoms with Crippen LogP contribution in [0, 0.1) is 6.92 Å². The van der Waals surface area contributed by atoms with Crippen LogP contribution in [-0.4, -0.2) is 42.4 Å². The predicted molar refractivity (Wildman–Crippen MR) is 77.9 cm³/mol. The molecule has 21 heavy (non-hydrogen) atoms. The number of phenols is 1. The lowest BCUT2D eigenvalue weighted by Gasteiger charge is -2.35. The fourth-order valence-corrected chi connectivity index (χ4v) is 2.56. The third-order valence-corrected chi connectivity index (χ3v) is 3.62. The Kier molecular flexibility index (Phi) is 6.31. The van der Waals surface area contributed by atoms with Crippen molar-refractivity contribution < 1.29 is 18.3 Å². The summed E-state index contributed by atoms with van der Waals surface area (Å²) in [5.41, 5.74) is 1.21. The zero-order chi connectivity index (χ0) is 14.8. The van der Waals surface area contributed by atoms with E-state index in [1.807, 2.05) is 4.90 Å². The first-order chi connectivity index (χ1) is 9.37. The van der Waals surface area contributed by atoms with E-state index < -0.39 is 18.6 Å². The molecule has 2 rings (SSSR count). The summed E-state index contributed by atoms with van der Waals surface area (Å²) in [5.74, 6) is 0.111. The van der Waals surface area contributed by atoms with E-state index in [1.54, 1.807) is 19.1 Å². The third kappa shape index (κ3) is 5.05. The second-order valence-electron chi connectivity index (χ2n) is 5.17. The van der Waals surface area contributed by atoms with Gasteiger partial charge in [0.15, 0.2) is 0 Å². The summed E-state index contributed by atoms with van der Waals surface area (Å²) < 4.78 is 38.5. The summed E-state index contributed by atoms with van der Waals surface area (Å²) in [7, 11) is 0. The molecule has 0 aliphatic carbocycles. The summed E-state index contributed by atoms with van der Waals surface area (Å²) in [4.78, 5) is 1.86. The van der Waals surface area contributed by atoms with Gasteiger partial charge in [-0.2, -0.15) is 13.2 Å². The van der Waals surface area contributed by atoms with Gasteiger partial charge in [-0.15, -0.1) is 12.4 Å². The van der Waals surface area contributed by atoms with Crippen LogP contribution >= 0.6 is 12.4 Å². The van der Waals surface area contributed by atoms with Crippen LogP contribution in [0.25, 0.3) is 0 Å². The molecule has 1 aliphatic rings. The summed E-state index contributed by atoms with van der Waals surface area (Å²) in [6.07, 6.45) is -5.07. The molecule has 0 bridgehead atoms. The molecule has 0 unspecified atom stereocenters. The number of alkyl halides is 3. The maximum atomic E-state index is 12.8. The van der Waals surface area contributed by atoms with E-state index in [1.165, 1.54) is 6.07 Å². The number of piperazine rings is 1. The summed E-state index contributed by atoms with van der Waals surface area (Å²) in [6.45, 7) is 4.29. The van der Waals surface area contributed by atoms with Crippen LogP contribution in [0.15, 0.2) is 18.2 Å². The number of halogens is 4. The lowest BCUT2D eigenvalue weighted by molar-refractivity contribution is -0.148. The lowest BCUT2D eigenvalue weighted by Crippen LogP contribution is -2.46. The van der Waals surface area contributed by atoms with Gasteiger partial charge in [-0.1, -0.05) is 12.1 Å². The zero-order valence-corrected chi connectivity index (χ0v) is 12.6. The van der Waals surface area contributed by atoms with Crippen molar-refractivity contribution in [3.05, 3.63) is 29.3 Å². The Balaban J connectivity index is 0.00000220. The van der Waals surface area contributed by atoms with Gasteiger partial charge >= 0.3 is 6.18 Å². The molecule has 1 aliphatic heterocycles. The van der Waals surface area contributed by atoms with Gasteiger partial charge in [-0.3, -0.25) is 4.90 Å². The summed E-state index contributed by atoms with van der Waals surface area (Å²) >= 11 is 0. The van der Waals surface area contributed by atoms with Crippen LogP contribution in [0.4, 0.5) is 13.2 Å². The molecule has 7 heteroatoms. The van der Waals surface area contributed by atoms with Crippen molar-refractivity contribution in [3.63, 3.8) is 0 Å². The van der Waals surface area contributed by atoms with E-state index in [-0.39, 0.29) is 18.2 Å². The first-order valence-electron chi connectivity index (χ1n) is 6.68. The Bertz CT molecular complexity index is 462. The topological polar surface area (TPSA) is 35.5 Å². The monoisotopic (exact) mass is 324 g/mol. The first-order valence-corrected chi connectivity index (χ1v) is 6.68. The van der Waals surface area contributed by atoms with Crippen molar-refractivity contribution in [2.24, 2.45) is 0 Å². The van der Waals surface area contributed by atoms with Crippen LogP contribution in [0.3, 0.4) is 0 Å². The highest BCUT2D eigenvalue weighted by Gasteiger charge is 2.36. The minimum atomic E-state index is -4.21. The Morgan fingerprint density at radius 2 is 1.90 bits per heavy atom. The molecule has 1 saturated heterocycles. The molecule has 0 saturated carbocycles. The minimum absolute atomic E-state index is 0. The van der Waals surface area contributed by atoms with Crippen LogP contribution in [0.1, 0.15) is 23.6 Å². The number of benzene rings is 1. The van der Waals surface area contributed by atoms with Gasteiger partial charge in [-0.05, 0) is 24.1 Å². The highest BCUT2D eigenvalue weighted by Crippen LogP contribution is 2.35. The van der Waals surface area contributed by atoms with E-state index in [2.05, 4.69) is 5.32 Å². The van der Waals surface area contributed by atoms with Crippen LogP contribution < -0.4 is 5.32 Å². The van der Waals surface area contributed by atoms with E-state index in [9.17, 15) is 18.3 Å². The van der Waals surface area contributed by atoms with Crippen LogP contribution in [0.5, 0.6) is 5.75 Å². The largest absolute Gasteiger partial charge is 0.508 e. The lowest BCUT2D eigenvalue weighted by atomic mass is 9.98. The van der Waals surface area contributed by atoms with Gasteiger partial charge in [-0.25, -0.2) is 0 Å². The first kappa shape index (κ1) is 18.1. The van der Waals surface area contributed by atoms with Gasteiger partial charge in [0.1, 0.15) is 5.75 Å². The number of phenolic OH excluding ortho intramolecular Hbond substituents is 1. The van der Waals surface area contributed by atoms with Crippen LogP contribution in [0.2, 0.25) is 0 Å². The smallest absolute Gasteiger partial charge is 0.390 e. The molecule has 0 aromatic heterocycles. The molecular weight excluding hydrogens is 305 g/mol. The molecule has 1 heterocycles. The number of rotatable bonds is 3. The fourth-order valence-electron chi connectivity index (χ4n) is 2.56. The molecule has 1 fully saturated rings. The predicted octanol–water partition coefficient (Wildman–Crippen LogP) is 3.02. The van der Waals surface area contributed by atoms with Crippen molar-refractivity contribution in [2.75, 3.05) is 26.2 Å². The minimum Gasteiger partial charge on any atom is -0.508 e. The molecule has 120 valence electrons. The third-order valence-electron chi connectivity index (χ3n) is 3.62. The van der Waals surface area contributed by atoms with Crippen LogP contribution in [-0.2, 0) is 0 Å². The highest BCUT2D eigenvalue weighted by atomic mass is 35.5. The Morgan fingerprint density at radius 1 is 1.29 bits per heavy atom. The maximum Gasteiger partial charge on any atom is 0.390 e. The van der Waals surface area contributed by atoms with Gasteiger partial charge < -0.3 is 10.4 Å². The van der Waals surface area contributed by atoms with Gasteiger partial charge in [0.2, 0.25) is 0 Å². The maximum absolute atomic E-state index is 12.8. The molecule has 1 atom stereocenters. The normalized spacial score (nSPS) is 18.1. The summed E-state index contributed by atoms with van der Waals surface area (Å²) in [5, 5.41) is 12.7. The van der Waals surface area contributed by atoms with Gasteiger partial charge in [0.05, 0.1) is 6.42 Å². The number of hydrogen-bond donors (Lipinski definition) is 2. The fraction of sp³-hybridized carbons (Fsp3) is 0.571. The zero-order valence-electron chi connectivity index (χ0n) is 11.8. The van der Waals surface area contributed by atoms with Gasteiger partial charge in [0, 0.05) is 32.2 Å². The molecule has 0 amide bonds. The molecular formula is C14H20ClF3N2O. The average Bonchev–Trinajstić information content (AvgIpc) is 2.39. The molecule has 0 spiro atoms. The number of aromatic hydroxyl groups is 1. The molecule has 3 nitrogen and oxygen atoms in total. The van der Waals surface area contributed by atoms with Crippen molar-refractivity contribution in [3.8, 4) is 5.75 Å². The standard InChI is InChI=1S/C14H19F3N2O.ClH/c1-10-8-11(2-3-13(10)20)12(9-14(15,16)17)19-6-4-18-5-7-19;/h2-3,8,12,18,20H,4-7,9H2,1H3;1H/t12-;/m1./s1. The SMILES string of the molecule is Cc1cc([C@@H](CC(F)(F)F)N2CCNCC2)ccc1O.Cl. The number of hydrogen-bond acceptors (Lipinski definition) is 3. The van der Waals surface area contributed by atoms with E-state index in [0.717, 1.165) is 0 Å². The van der Waals surface area contributed by atoms with Gasteiger partial charge in [0.25, 0.3) is 0 Å². The molecule has 2 N–H and O–H groups in total. The molecule has 1 aromatic rings. The second kappa shape index (κ2) is 7.33. The summed E-state index contributed by atoms with van der Waals surface area (Å²) in [6, 6.07) is 4.02.